The molecule has 6 heteroatoms. The average Bonchev–Trinajstić information content (AvgIpc) is 2.94. The topological polar surface area (TPSA) is 36.9 Å². The van der Waals surface area contributed by atoms with Crippen LogP contribution in [0.1, 0.15) is 25.8 Å². The van der Waals surface area contributed by atoms with E-state index in [0.717, 1.165) is 30.6 Å². The number of nitrogens with one attached hydrogen (secondary N) is 1. The van der Waals surface area contributed by atoms with E-state index in [1.165, 1.54) is 5.56 Å². The van der Waals surface area contributed by atoms with Gasteiger partial charge in [0.05, 0.1) is 6.10 Å². The molecule has 134 valence electrons. The standard InChI is InChI=1S/C18H26ClN3O.HI/c1-18(2)15(14-8-9-23-16(14)18)21-17(20-3)22(4)11-12-6-5-7-13(19)10-12;/h5-7,10,14-16H,8-9,11H2,1-4H3,(H,20,21);1H. The Morgan fingerprint density at radius 3 is 2.88 bits per heavy atom. The number of rotatable bonds is 3. The second kappa shape index (κ2) is 7.79. The monoisotopic (exact) mass is 463 g/mol. The summed E-state index contributed by atoms with van der Waals surface area (Å²) in [6.07, 6.45) is 1.53. The van der Waals surface area contributed by atoms with Crippen LogP contribution in [0, 0.1) is 11.3 Å². The van der Waals surface area contributed by atoms with Crippen molar-refractivity contribution in [2.24, 2.45) is 16.3 Å². The lowest BCUT2D eigenvalue weighted by molar-refractivity contribution is -0.107. The summed E-state index contributed by atoms with van der Waals surface area (Å²) in [4.78, 5) is 6.61. The maximum absolute atomic E-state index is 6.08. The molecule has 1 N–H and O–H groups in total. The fourth-order valence-corrected chi connectivity index (χ4v) is 4.30. The van der Waals surface area contributed by atoms with Crippen LogP contribution in [-0.2, 0) is 11.3 Å². The van der Waals surface area contributed by atoms with E-state index in [4.69, 9.17) is 16.3 Å². The Morgan fingerprint density at radius 2 is 2.21 bits per heavy atom. The molecule has 1 aliphatic heterocycles. The maximum atomic E-state index is 6.08. The third kappa shape index (κ3) is 3.68. The number of aliphatic imine (C=N–C) groups is 1. The van der Waals surface area contributed by atoms with E-state index in [1.54, 1.807) is 0 Å². The number of nitrogens with zero attached hydrogens (tertiary/aromatic N) is 2. The molecule has 1 heterocycles. The van der Waals surface area contributed by atoms with Gasteiger partial charge in [-0.05, 0) is 24.1 Å². The predicted octanol–water partition coefficient (Wildman–Crippen LogP) is 3.78. The molecular formula is C18H27ClIN3O. The lowest BCUT2D eigenvalue weighted by Gasteiger charge is -2.55. The van der Waals surface area contributed by atoms with Crippen LogP contribution < -0.4 is 5.32 Å². The number of halogens is 2. The molecule has 0 radical (unpaired) electrons. The van der Waals surface area contributed by atoms with Gasteiger partial charge in [0, 0.05) is 49.6 Å². The SMILES string of the molecule is CN=C(NC1C2CCOC2C1(C)C)N(C)Cc1cccc(Cl)c1.I. The van der Waals surface area contributed by atoms with Crippen LogP contribution in [0.5, 0.6) is 0 Å². The molecule has 1 aromatic carbocycles. The first-order chi connectivity index (χ1) is 10.9. The molecule has 1 aliphatic carbocycles. The molecule has 1 saturated heterocycles. The highest BCUT2D eigenvalue weighted by Crippen LogP contribution is 2.52. The molecular weight excluding hydrogens is 437 g/mol. The number of benzene rings is 1. The van der Waals surface area contributed by atoms with Crippen molar-refractivity contribution in [3.63, 3.8) is 0 Å². The van der Waals surface area contributed by atoms with E-state index in [1.807, 2.05) is 25.2 Å². The fraction of sp³-hybridized carbons (Fsp3) is 0.611. The fourth-order valence-electron chi connectivity index (χ4n) is 4.09. The Labute approximate surface area is 167 Å². The first kappa shape index (κ1) is 19.8. The van der Waals surface area contributed by atoms with Crippen LogP contribution in [0.4, 0.5) is 0 Å². The molecule has 3 atom stereocenters. The van der Waals surface area contributed by atoms with Gasteiger partial charge in [-0.2, -0.15) is 0 Å². The normalized spacial score (nSPS) is 27.7. The van der Waals surface area contributed by atoms with E-state index in [9.17, 15) is 0 Å². The Morgan fingerprint density at radius 1 is 1.46 bits per heavy atom. The molecule has 3 unspecified atom stereocenters. The molecule has 24 heavy (non-hydrogen) atoms. The zero-order valence-electron chi connectivity index (χ0n) is 14.8. The van der Waals surface area contributed by atoms with E-state index < -0.39 is 0 Å². The molecule has 3 rings (SSSR count). The van der Waals surface area contributed by atoms with Crippen molar-refractivity contribution in [2.75, 3.05) is 20.7 Å². The van der Waals surface area contributed by atoms with Crippen LogP contribution >= 0.6 is 35.6 Å². The largest absolute Gasteiger partial charge is 0.377 e. The average molecular weight is 464 g/mol. The highest BCUT2D eigenvalue weighted by molar-refractivity contribution is 14.0. The van der Waals surface area contributed by atoms with E-state index in [-0.39, 0.29) is 29.4 Å². The quantitative estimate of drug-likeness (QED) is 0.421. The number of ether oxygens (including phenoxy) is 1. The van der Waals surface area contributed by atoms with Gasteiger partial charge < -0.3 is 15.0 Å². The van der Waals surface area contributed by atoms with Crippen LogP contribution in [0.3, 0.4) is 0 Å². The van der Waals surface area contributed by atoms with Gasteiger partial charge in [-0.1, -0.05) is 37.6 Å². The molecule has 0 amide bonds. The van der Waals surface area contributed by atoms with Crippen LogP contribution in [0.25, 0.3) is 0 Å². The van der Waals surface area contributed by atoms with Gasteiger partial charge in [0.2, 0.25) is 0 Å². The minimum atomic E-state index is 0. The molecule has 2 aliphatic rings. The minimum Gasteiger partial charge on any atom is -0.377 e. The summed E-state index contributed by atoms with van der Waals surface area (Å²) in [5.74, 6) is 1.52. The van der Waals surface area contributed by atoms with Crippen molar-refractivity contribution in [3.05, 3.63) is 34.9 Å². The van der Waals surface area contributed by atoms with Gasteiger partial charge in [-0.25, -0.2) is 0 Å². The lowest BCUT2D eigenvalue weighted by atomic mass is 9.57. The van der Waals surface area contributed by atoms with Crippen LogP contribution in [0.15, 0.2) is 29.3 Å². The summed E-state index contributed by atoms with van der Waals surface area (Å²) < 4.78 is 5.87. The van der Waals surface area contributed by atoms with Crippen LogP contribution in [0.2, 0.25) is 5.02 Å². The van der Waals surface area contributed by atoms with E-state index in [0.29, 0.717) is 18.1 Å². The number of fused-ring (bicyclic) bond motifs is 1. The zero-order chi connectivity index (χ0) is 16.6. The summed E-state index contributed by atoms with van der Waals surface area (Å²) in [7, 11) is 3.90. The van der Waals surface area contributed by atoms with E-state index in [2.05, 4.69) is 42.2 Å². The highest BCUT2D eigenvalue weighted by atomic mass is 127. The number of guanidine groups is 1. The van der Waals surface area contributed by atoms with Gasteiger partial charge in [0.1, 0.15) is 0 Å². The number of hydrogen-bond donors (Lipinski definition) is 1. The van der Waals surface area contributed by atoms with Gasteiger partial charge >= 0.3 is 0 Å². The van der Waals surface area contributed by atoms with Crippen LogP contribution in [-0.4, -0.2) is 43.7 Å². The second-order valence-electron chi connectivity index (χ2n) is 7.22. The third-order valence-corrected chi connectivity index (χ3v) is 5.50. The first-order valence-electron chi connectivity index (χ1n) is 8.24. The van der Waals surface area contributed by atoms with Crippen molar-refractivity contribution >= 4 is 41.5 Å². The predicted molar refractivity (Wildman–Crippen MR) is 110 cm³/mol. The highest BCUT2D eigenvalue weighted by Gasteiger charge is 2.59. The smallest absolute Gasteiger partial charge is 0.193 e. The van der Waals surface area contributed by atoms with Crippen molar-refractivity contribution in [3.8, 4) is 0 Å². The van der Waals surface area contributed by atoms with Gasteiger partial charge in [-0.3, -0.25) is 4.99 Å². The summed E-state index contributed by atoms with van der Waals surface area (Å²) in [5, 5.41) is 4.43. The maximum Gasteiger partial charge on any atom is 0.193 e. The Hall–Kier alpha value is -0.530. The molecule has 1 aromatic rings. The Bertz CT molecular complexity index is 608. The minimum absolute atomic E-state index is 0. The van der Waals surface area contributed by atoms with Crippen molar-refractivity contribution < 1.29 is 4.74 Å². The lowest BCUT2D eigenvalue weighted by Crippen LogP contribution is -2.67. The zero-order valence-corrected chi connectivity index (χ0v) is 17.8. The Kier molecular flexibility index (Phi) is 6.42. The van der Waals surface area contributed by atoms with E-state index >= 15 is 0 Å². The summed E-state index contributed by atoms with van der Waals surface area (Å²) in [6.45, 7) is 6.22. The first-order valence-corrected chi connectivity index (χ1v) is 8.62. The van der Waals surface area contributed by atoms with Crippen molar-refractivity contribution in [1.82, 2.24) is 10.2 Å². The molecule has 1 saturated carbocycles. The van der Waals surface area contributed by atoms with Gasteiger partial charge in [0.25, 0.3) is 0 Å². The molecule has 4 nitrogen and oxygen atoms in total. The number of hydrogen-bond acceptors (Lipinski definition) is 2. The van der Waals surface area contributed by atoms with Crippen molar-refractivity contribution in [2.45, 2.75) is 39.0 Å². The summed E-state index contributed by atoms with van der Waals surface area (Å²) in [6, 6.07) is 8.38. The third-order valence-electron chi connectivity index (χ3n) is 5.27. The molecule has 0 spiro atoms. The molecule has 0 aromatic heterocycles. The Balaban J connectivity index is 0.00000208. The molecule has 0 bridgehead atoms. The van der Waals surface area contributed by atoms with Gasteiger partial charge in [0.15, 0.2) is 5.96 Å². The van der Waals surface area contributed by atoms with Crippen molar-refractivity contribution in [1.29, 1.82) is 0 Å². The molecule has 2 fully saturated rings. The summed E-state index contributed by atoms with van der Waals surface area (Å²) >= 11 is 6.08. The second-order valence-corrected chi connectivity index (χ2v) is 7.66. The van der Waals surface area contributed by atoms with Gasteiger partial charge in [-0.15, -0.1) is 24.0 Å². The summed E-state index contributed by atoms with van der Waals surface area (Å²) in [5.41, 5.74) is 1.33.